The van der Waals surface area contributed by atoms with Gasteiger partial charge >= 0.3 is 0 Å². The van der Waals surface area contributed by atoms with Crippen LogP contribution in [0.5, 0.6) is 0 Å². The normalized spacial score (nSPS) is 26.8. The molecule has 0 radical (unpaired) electrons. The number of likely N-dealkylation sites (tertiary alicyclic amines) is 1. The fraction of sp³-hybridized carbons (Fsp3) is 0.867. The zero-order valence-electron chi connectivity index (χ0n) is 13.4. The highest BCUT2D eigenvalue weighted by Gasteiger charge is 2.33. The third-order valence-corrected chi connectivity index (χ3v) is 6.75. The van der Waals surface area contributed by atoms with E-state index in [1.54, 1.807) is 0 Å². The van der Waals surface area contributed by atoms with E-state index in [0.29, 0.717) is 32.5 Å². The van der Waals surface area contributed by atoms with Gasteiger partial charge in [-0.25, -0.2) is 8.42 Å². The molecule has 124 valence electrons. The van der Waals surface area contributed by atoms with E-state index in [4.69, 9.17) is 5.26 Å². The summed E-state index contributed by atoms with van der Waals surface area (Å²) in [4.78, 5) is 16.1. The molecule has 1 atom stereocenters. The van der Waals surface area contributed by atoms with Gasteiger partial charge in [0.1, 0.15) is 0 Å². The lowest BCUT2D eigenvalue weighted by molar-refractivity contribution is -0.133. The molecule has 7 heteroatoms. The second-order valence-electron chi connectivity index (χ2n) is 6.84. The Bertz CT molecular complexity index is 559. The summed E-state index contributed by atoms with van der Waals surface area (Å²) in [5.74, 6) is 0.573. The molecule has 0 aromatic rings. The standard InChI is InChI=1S/C15H25N3O3S/c1-15(12-16)5-8-18(9-6-15)14(19)3-7-17(2)13-4-10-22(20,21)11-13/h13H,3-11H2,1-2H3. The van der Waals surface area contributed by atoms with Crippen molar-refractivity contribution >= 4 is 15.7 Å². The van der Waals surface area contributed by atoms with Crippen molar-refractivity contribution in [2.24, 2.45) is 5.41 Å². The van der Waals surface area contributed by atoms with Crippen LogP contribution in [0.3, 0.4) is 0 Å². The van der Waals surface area contributed by atoms with Crippen LogP contribution in [-0.4, -0.2) is 68.4 Å². The highest BCUT2D eigenvalue weighted by Crippen LogP contribution is 2.30. The molecule has 1 unspecified atom stereocenters. The van der Waals surface area contributed by atoms with Gasteiger partial charge in [0.05, 0.1) is 23.0 Å². The fourth-order valence-electron chi connectivity index (χ4n) is 3.10. The highest BCUT2D eigenvalue weighted by molar-refractivity contribution is 7.91. The van der Waals surface area contributed by atoms with Crippen LogP contribution in [0.25, 0.3) is 0 Å². The molecule has 6 nitrogen and oxygen atoms in total. The van der Waals surface area contributed by atoms with E-state index in [1.165, 1.54) is 0 Å². The monoisotopic (exact) mass is 327 g/mol. The molecule has 2 rings (SSSR count). The summed E-state index contributed by atoms with van der Waals surface area (Å²) in [6, 6.07) is 2.37. The highest BCUT2D eigenvalue weighted by atomic mass is 32.2. The van der Waals surface area contributed by atoms with Crippen LogP contribution in [-0.2, 0) is 14.6 Å². The average molecular weight is 327 g/mol. The van der Waals surface area contributed by atoms with E-state index in [2.05, 4.69) is 6.07 Å². The van der Waals surface area contributed by atoms with Crippen molar-refractivity contribution in [3.05, 3.63) is 0 Å². The van der Waals surface area contributed by atoms with Crippen molar-refractivity contribution in [2.45, 2.75) is 38.6 Å². The maximum atomic E-state index is 12.2. The first-order valence-corrected chi connectivity index (χ1v) is 9.66. The lowest BCUT2D eigenvalue weighted by Gasteiger charge is -2.35. The lowest BCUT2D eigenvalue weighted by atomic mass is 9.82. The molecule has 2 saturated heterocycles. The Morgan fingerprint density at radius 3 is 2.55 bits per heavy atom. The van der Waals surface area contributed by atoms with E-state index in [-0.39, 0.29) is 28.9 Å². The number of piperidine rings is 1. The van der Waals surface area contributed by atoms with Gasteiger partial charge in [0.2, 0.25) is 5.91 Å². The molecule has 0 aliphatic carbocycles. The van der Waals surface area contributed by atoms with Crippen LogP contribution in [0, 0.1) is 16.7 Å². The van der Waals surface area contributed by atoms with Crippen molar-refractivity contribution in [3.63, 3.8) is 0 Å². The minimum atomic E-state index is -2.88. The first kappa shape index (κ1) is 17.2. The number of rotatable bonds is 4. The van der Waals surface area contributed by atoms with E-state index in [0.717, 1.165) is 12.8 Å². The summed E-state index contributed by atoms with van der Waals surface area (Å²) in [5, 5.41) is 9.11. The van der Waals surface area contributed by atoms with Crippen molar-refractivity contribution < 1.29 is 13.2 Å². The molecule has 22 heavy (non-hydrogen) atoms. The number of sulfone groups is 1. The average Bonchev–Trinajstić information content (AvgIpc) is 2.85. The predicted octanol–water partition coefficient (Wildman–Crippen LogP) is 0.648. The maximum absolute atomic E-state index is 12.2. The molecule has 2 heterocycles. The van der Waals surface area contributed by atoms with Crippen molar-refractivity contribution in [1.29, 1.82) is 5.26 Å². The molecule has 2 aliphatic rings. The SMILES string of the molecule is CN(CCC(=O)N1CCC(C)(C#N)CC1)C1CCS(=O)(=O)C1. The summed E-state index contributed by atoms with van der Waals surface area (Å²) < 4.78 is 23.0. The molecular weight excluding hydrogens is 302 g/mol. The zero-order valence-corrected chi connectivity index (χ0v) is 14.2. The molecule has 0 N–H and O–H groups in total. The molecule has 0 spiro atoms. The van der Waals surface area contributed by atoms with E-state index in [9.17, 15) is 13.2 Å². The number of carbonyl (C=O) groups excluding carboxylic acids is 1. The summed E-state index contributed by atoms with van der Waals surface area (Å²) in [6.07, 6.45) is 2.53. The number of carbonyl (C=O) groups is 1. The van der Waals surface area contributed by atoms with Crippen LogP contribution in [0.2, 0.25) is 0 Å². The Hall–Kier alpha value is -1.13. The van der Waals surface area contributed by atoms with Crippen molar-refractivity contribution in [1.82, 2.24) is 9.80 Å². The van der Waals surface area contributed by atoms with Crippen LogP contribution in [0.1, 0.15) is 32.6 Å². The summed E-state index contributed by atoms with van der Waals surface area (Å²) in [7, 11) is -0.992. The summed E-state index contributed by atoms with van der Waals surface area (Å²) in [5.41, 5.74) is -0.300. The number of amides is 1. The smallest absolute Gasteiger partial charge is 0.223 e. The second-order valence-corrected chi connectivity index (χ2v) is 9.07. The Labute approximate surface area is 133 Å². The molecule has 1 amide bonds. The Morgan fingerprint density at radius 1 is 1.41 bits per heavy atom. The molecule has 2 fully saturated rings. The largest absolute Gasteiger partial charge is 0.343 e. The number of hydrogen-bond acceptors (Lipinski definition) is 5. The van der Waals surface area contributed by atoms with Gasteiger partial charge in [0.25, 0.3) is 0 Å². The Kier molecular flexibility index (Phi) is 5.13. The van der Waals surface area contributed by atoms with E-state index in [1.807, 2.05) is 23.8 Å². The van der Waals surface area contributed by atoms with Crippen LogP contribution in [0.4, 0.5) is 0 Å². The van der Waals surface area contributed by atoms with Gasteiger partial charge in [0.15, 0.2) is 9.84 Å². The maximum Gasteiger partial charge on any atom is 0.223 e. The third-order valence-electron chi connectivity index (χ3n) is 5.00. The van der Waals surface area contributed by atoms with E-state index < -0.39 is 9.84 Å². The van der Waals surface area contributed by atoms with Gasteiger partial charge in [-0.2, -0.15) is 5.26 Å². The molecule has 0 bridgehead atoms. The minimum absolute atomic E-state index is 0.0426. The fourth-order valence-corrected chi connectivity index (χ4v) is 4.90. The quantitative estimate of drug-likeness (QED) is 0.757. The Morgan fingerprint density at radius 2 is 2.05 bits per heavy atom. The number of nitrogens with zero attached hydrogens (tertiary/aromatic N) is 3. The van der Waals surface area contributed by atoms with Gasteiger partial charge in [-0.05, 0) is 33.2 Å². The Balaban J connectivity index is 1.76. The second kappa shape index (κ2) is 6.55. The zero-order chi connectivity index (χ0) is 16.4. The van der Waals surface area contributed by atoms with Crippen LogP contribution < -0.4 is 0 Å². The third kappa shape index (κ3) is 4.20. The first-order valence-electron chi connectivity index (χ1n) is 7.84. The van der Waals surface area contributed by atoms with E-state index >= 15 is 0 Å². The lowest BCUT2D eigenvalue weighted by Crippen LogP contribution is -2.43. The summed E-state index contributed by atoms with van der Waals surface area (Å²) >= 11 is 0. The van der Waals surface area contributed by atoms with Gasteiger partial charge in [-0.15, -0.1) is 0 Å². The number of nitriles is 1. The van der Waals surface area contributed by atoms with Crippen molar-refractivity contribution in [3.8, 4) is 6.07 Å². The predicted molar refractivity (Wildman–Crippen MR) is 83.8 cm³/mol. The van der Waals surface area contributed by atoms with Crippen molar-refractivity contribution in [2.75, 3.05) is 38.2 Å². The number of hydrogen-bond donors (Lipinski definition) is 0. The van der Waals surface area contributed by atoms with Gasteiger partial charge in [0, 0.05) is 32.1 Å². The first-order chi connectivity index (χ1) is 10.2. The van der Waals surface area contributed by atoms with Gasteiger partial charge in [-0.3, -0.25) is 4.79 Å². The van der Waals surface area contributed by atoms with Crippen LogP contribution >= 0.6 is 0 Å². The van der Waals surface area contributed by atoms with Crippen LogP contribution in [0.15, 0.2) is 0 Å². The summed E-state index contributed by atoms with van der Waals surface area (Å²) in [6.45, 7) is 3.82. The molecule has 0 aromatic carbocycles. The minimum Gasteiger partial charge on any atom is -0.343 e. The van der Waals surface area contributed by atoms with Gasteiger partial charge < -0.3 is 9.80 Å². The molecular formula is C15H25N3O3S. The molecule has 0 saturated carbocycles. The molecule has 0 aromatic heterocycles. The molecule has 2 aliphatic heterocycles. The van der Waals surface area contributed by atoms with Gasteiger partial charge in [-0.1, -0.05) is 0 Å². The topological polar surface area (TPSA) is 81.5 Å².